The van der Waals surface area contributed by atoms with Gasteiger partial charge in [-0.1, -0.05) is 13.8 Å². The fourth-order valence-corrected chi connectivity index (χ4v) is 3.12. The number of likely N-dealkylation sites (N-methyl/N-ethyl adjacent to an activating group) is 1. The normalized spacial score (nSPS) is 33.8. The van der Waals surface area contributed by atoms with Crippen molar-refractivity contribution in [1.82, 2.24) is 9.80 Å². The van der Waals surface area contributed by atoms with Crippen LogP contribution in [0, 0.1) is 17.3 Å². The third-order valence-corrected chi connectivity index (χ3v) is 4.56. The lowest BCUT2D eigenvalue weighted by molar-refractivity contribution is -0.141. The van der Waals surface area contributed by atoms with E-state index in [0.717, 1.165) is 19.5 Å². The second kappa shape index (κ2) is 4.23. The Hall–Kier alpha value is -1.10. The van der Waals surface area contributed by atoms with E-state index < -0.39 is 11.9 Å². The minimum atomic E-state index is -0.846. The van der Waals surface area contributed by atoms with Gasteiger partial charge in [0, 0.05) is 19.1 Å². The minimum Gasteiger partial charge on any atom is -0.481 e. The number of carboxylic acid groups (broad SMARTS) is 1. The van der Waals surface area contributed by atoms with Crippen LogP contribution in [0.15, 0.2) is 0 Å². The van der Waals surface area contributed by atoms with E-state index >= 15 is 0 Å². The van der Waals surface area contributed by atoms with Crippen LogP contribution in [0.25, 0.3) is 0 Å². The highest BCUT2D eigenvalue weighted by molar-refractivity contribution is 5.91. The van der Waals surface area contributed by atoms with E-state index in [0.29, 0.717) is 6.04 Å². The number of carboxylic acids is 1. The van der Waals surface area contributed by atoms with Gasteiger partial charge in [-0.2, -0.15) is 0 Å². The molecular formula is C13H22N2O3. The summed E-state index contributed by atoms with van der Waals surface area (Å²) in [5.74, 6) is -1.67. The molecule has 1 saturated carbocycles. The number of aliphatic carboxylic acids is 1. The van der Waals surface area contributed by atoms with Crippen LogP contribution in [-0.2, 0) is 9.59 Å². The van der Waals surface area contributed by atoms with E-state index in [1.165, 1.54) is 0 Å². The smallest absolute Gasteiger partial charge is 0.307 e. The number of nitrogens with zero attached hydrogens (tertiary/aromatic N) is 2. The van der Waals surface area contributed by atoms with Gasteiger partial charge in [0.25, 0.3) is 0 Å². The fourth-order valence-electron chi connectivity index (χ4n) is 3.12. The number of carbonyl (C=O) groups excluding carboxylic acids is 1. The Kier molecular flexibility index (Phi) is 3.13. The molecule has 5 heteroatoms. The Morgan fingerprint density at radius 2 is 1.89 bits per heavy atom. The largest absolute Gasteiger partial charge is 0.481 e. The molecule has 0 radical (unpaired) electrons. The van der Waals surface area contributed by atoms with Crippen LogP contribution in [-0.4, -0.2) is 60.0 Å². The monoisotopic (exact) mass is 254 g/mol. The molecule has 1 amide bonds. The Bertz CT molecular complexity index is 378. The highest BCUT2D eigenvalue weighted by Crippen LogP contribution is 2.59. The summed E-state index contributed by atoms with van der Waals surface area (Å²) >= 11 is 0. The standard InChI is InChI=1S/C13H22N2O3/c1-13(2)9(10(13)12(17)18)11(16)15-6-5-8(7-15)14(3)4/h8-10H,5-7H2,1-4H3,(H,17,18). The molecule has 0 aromatic heterocycles. The van der Waals surface area contributed by atoms with Gasteiger partial charge < -0.3 is 14.9 Å². The lowest BCUT2D eigenvalue weighted by Gasteiger charge is -2.20. The molecule has 1 N–H and O–H groups in total. The van der Waals surface area contributed by atoms with Crippen molar-refractivity contribution in [1.29, 1.82) is 0 Å². The second-order valence-corrected chi connectivity index (χ2v) is 6.31. The molecule has 0 spiro atoms. The molecule has 1 heterocycles. The maximum absolute atomic E-state index is 12.4. The molecule has 0 bridgehead atoms. The van der Waals surface area contributed by atoms with Gasteiger partial charge in [-0.15, -0.1) is 0 Å². The van der Waals surface area contributed by atoms with Gasteiger partial charge in [-0.3, -0.25) is 9.59 Å². The van der Waals surface area contributed by atoms with Gasteiger partial charge in [-0.05, 0) is 25.9 Å². The first-order chi connectivity index (χ1) is 8.26. The third kappa shape index (κ3) is 2.00. The highest BCUT2D eigenvalue weighted by Gasteiger charge is 2.66. The first kappa shape index (κ1) is 13.3. The molecule has 18 heavy (non-hydrogen) atoms. The maximum atomic E-state index is 12.4. The highest BCUT2D eigenvalue weighted by atomic mass is 16.4. The molecule has 1 aliphatic carbocycles. The van der Waals surface area contributed by atoms with Crippen LogP contribution in [0.2, 0.25) is 0 Å². The predicted octanol–water partition coefficient (Wildman–Crippen LogP) is 0.506. The Morgan fingerprint density at radius 3 is 2.28 bits per heavy atom. The van der Waals surface area contributed by atoms with E-state index in [9.17, 15) is 9.59 Å². The summed E-state index contributed by atoms with van der Waals surface area (Å²) < 4.78 is 0. The zero-order chi connectivity index (χ0) is 13.7. The van der Waals surface area contributed by atoms with Crippen LogP contribution in [0.4, 0.5) is 0 Å². The van der Waals surface area contributed by atoms with Crippen molar-refractivity contribution in [3.05, 3.63) is 0 Å². The van der Waals surface area contributed by atoms with Crippen molar-refractivity contribution in [3.8, 4) is 0 Å². The Balaban J connectivity index is 2.00. The first-order valence-electron chi connectivity index (χ1n) is 6.45. The Labute approximate surface area is 108 Å². The molecule has 5 nitrogen and oxygen atoms in total. The molecule has 2 fully saturated rings. The van der Waals surface area contributed by atoms with E-state index in [2.05, 4.69) is 4.90 Å². The number of amides is 1. The molecule has 1 saturated heterocycles. The topological polar surface area (TPSA) is 60.9 Å². The second-order valence-electron chi connectivity index (χ2n) is 6.31. The summed E-state index contributed by atoms with van der Waals surface area (Å²) in [5.41, 5.74) is -0.390. The molecular weight excluding hydrogens is 232 g/mol. The maximum Gasteiger partial charge on any atom is 0.307 e. The summed E-state index contributed by atoms with van der Waals surface area (Å²) in [4.78, 5) is 27.4. The number of carbonyl (C=O) groups is 2. The molecule has 3 unspecified atom stereocenters. The lowest BCUT2D eigenvalue weighted by atomic mass is 10.1. The number of rotatable bonds is 3. The van der Waals surface area contributed by atoms with Crippen LogP contribution in [0.5, 0.6) is 0 Å². The summed E-state index contributed by atoms with van der Waals surface area (Å²) in [6.45, 7) is 5.22. The van der Waals surface area contributed by atoms with E-state index in [4.69, 9.17) is 5.11 Å². The van der Waals surface area contributed by atoms with E-state index in [1.807, 2.05) is 32.8 Å². The number of hydrogen-bond donors (Lipinski definition) is 1. The molecule has 102 valence electrons. The number of likely N-dealkylation sites (tertiary alicyclic amines) is 1. The van der Waals surface area contributed by atoms with Gasteiger partial charge in [0.05, 0.1) is 11.8 Å². The number of hydrogen-bond acceptors (Lipinski definition) is 3. The first-order valence-corrected chi connectivity index (χ1v) is 6.45. The van der Waals surface area contributed by atoms with Crippen molar-refractivity contribution in [3.63, 3.8) is 0 Å². The van der Waals surface area contributed by atoms with Gasteiger partial charge in [0.15, 0.2) is 0 Å². The predicted molar refractivity (Wildman–Crippen MR) is 67.1 cm³/mol. The third-order valence-electron chi connectivity index (χ3n) is 4.56. The Morgan fingerprint density at radius 1 is 1.28 bits per heavy atom. The quantitative estimate of drug-likeness (QED) is 0.797. The van der Waals surface area contributed by atoms with Gasteiger partial charge >= 0.3 is 5.97 Å². The summed E-state index contributed by atoms with van der Waals surface area (Å²) in [7, 11) is 4.03. The van der Waals surface area contributed by atoms with Gasteiger partial charge in [-0.25, -0.2) is 0 Å². The van der Waals surface area contributed by atoms with Crippen LogP contribution < -0.4 is 0 Å². The molecule has 2 rings (SSSR count). The van der Waals surface area contributed by atoms with Crippen LogP contribution in [0.3, 0.4) is 0 Å². The molecule has 0 aromatic carbocycles. The van der Waals surface area contributed by atoms with Crippen LogP contribution in [0.1, 0.15) is 20.3 Å². The molecule has 1 aliphatic heterocycles. The van der Waals surface area contributed by atoms with Crippen molar-refractivity contribution >= 4 is 11.9 Å². The molecule has 3 atom stereocenters. The average molecular weight is 254 g/mol. The van der Waals surface area contributed by atoms with E-state index in [1.54, 1.807) is 0 Å². The lowest BCUT2D eigenvalue weighted by Crippen LogP contribution is -2.36. The van der Waals surface area contributed by atoms with Crippen LogP contribution >= 0.6 is 0 Å². The molecule has 2 aliphatic rings. The van der Waals surface area contributed by atoms with Crippen molar-refractivity contribution in [2.45, 2.75) is 26.3 Å². The fraction of sp³-hybridized carbons (Fsp3) is 0.846. The van der Waals surface area contributed by atoms with E-state index in [-0.39, 0.29) is 17.2 Å². The summed E-state index contributed by atoms with van der Waals surface area (Å²) in [6, 6.07) is 0.402. The SMILES string of the molecule is CN(C)C1CCN(C(=O)C2C(C(=O)O)C2(C)C)C1. The van der Waals surface area contributed by atoms with Crippen molar-refractivity contribution in [2.24, 2.45) is 17.3 Å². The van der Waals surface area contributed by atoms with Crippen molar-refractivity contribution in [2.75, 3.05) is 27.2 Å². The summed E-state index contributed by atoms with van der Waals surface area (Å²) in [5, 5.41) is 9.11. The van der Waals surface area contributed by atoms with Gasteiger partial charge in [0.2, 0.25) is 5.91 Å². The van der Waals surface area contributed by atoms with Crippen molar-refractivity contribution < 1.29 is 14.7 Å². The minimum absolute atomic E-state index is 0.0248. The zero-order valence-electron chi connectivity index (χ0n) is 11.5. The summed E-state index contributed by atoms with van der Waals surface area (Å²) in [6.07, 6.45) is 0.976. The zero-order valence-corrected chi connectivity index (χ0v) is 11.5. The average Bonchev–Trinajstić information content (AvgIpc) is 2.64. The molecule has 0 aromatic rings. The van der Waals surface area contributed by atoms with Gasteiger partial charge in [0.1, 0.15) is 0 Å².